The number of amides is 1. The smallest absolute Gasteiger partial charge is 0.261 e. The van der Waals surface area contributed by atoms with Gasteiger partial charge >= 0.3 is 0 Å². The number of benzene rings is 1. The SMILES string of the molecule is O=C(Cn1cnc2cc(Br)ccc2c1=O)N1CCCCC1. The first kappa shape index (κ1) is 14.3. The number of likely N-dealkylation sites (tertiary alicyclic amines) is 1. The largest absolute Gasteiger partial charge is 0.341 e. The van der Waals surface area contributed by atoms with Gasteiger partial charge < -0.3 is 4.90 Å². The van der Waals surface area contributed by atoms with Gasteiger partial charge in [-0.15, -0.1) is 0 Å². The second kappa shape index (κ2) is 5.97. The average molecular weight is 350 g/mol. The van der Waals surface area contributed by atoms with Gasteiger partial charge in [0, 0.05) is 17.6 Å². The predicted octanol–water partition coefficient (Wildman–Crippen LogP) is 2.17. The van der Waals surface area contributed by atoms with E-state index in [0.717, 1.165) is 30.4 Å². The van der Waals surface area contributed by atoms with Crippen LogP contribution in [0.25, 0.3) is 10.9 Å². The van der Waals surface area contributed by atoms with E-state index in [0.29, 0.717) is 10.9 Å². The summed E-state index contributed by atoms with van der Waals surface area (Å²) in [6.45, 7) is 1.65. The second-order valence-corrected chi connectivity index (χ2v) is 6.20. The first-order valence-electron chi connectivity index (χ1n) is 7.07. The molecule has 1 aromatic carbocycles. The van der Waals surface area contributed by atoms with Gasteiger partial charge in [-0.3, -0.25) is 14.2 Å². The third-order valence-electron chi connectivity index (χ3n) is 3.80. The Labute approximate surface area is 130 Å². The van der Waals surface area contributed by atoms with Gasteiger partial charge in [0.15, 0.2) is 0 Å². The molecule has 2 aromatic rings. The number of halogens is 1. The molecule has 110 valence electrons. The third-order valence-corrected chi connectivity index (χ3v) is 4.29. The second-order valence-electron chi connectivity index (χ2n) is 5.28. The molecule has 21 heavy (non-hydrogen) atoms. The molecular formula is C15H16BrN3O2. The summed E-state index contributed by atoms with van der Waals surface area (Å²) < 4.78 is 2.27. The van der Waals surface area contributed by atoms with Gasteiger partial charge in [-0.2, -0.15) is 0 Å². The number of aromatic nitrogens is 2. The number of fused-ring (bicyclic) bond motifs is 1. The van der Waals surface area contributed by atoms with E-state index in [-0.39, 0.29) is 18.0 Å². The van der Waals surface area contributed by atoms with E-state index in [1.807, 2.05) is 11.0 Å². The summed E-state index contributed by atoms with van der Waals surface area (Å²) in [5, 5.41) is 0.534. The van der Waals surface area contributed by atoms with Crippen LogP contribution in [0.1, 0.15) is 19.3 Å². The van der Waals surface area contributed by atoms with Crippen molar-refractivity contribution in [3.63, 3.8) is 0 Å². The van der Waals surface area contributed by atoms with Crippen molar-refractivity contribution >= 4 is 32.7 Å². The molecule has 0 unspecified atom stereocenters. The molecule has 2 heterocycles. The van der Waals surface area contributed by atoms with Crippen molar-refractivity contribution in [2.45, 2.75) is 25.8 Å². The van der Waals surface area contributed by atoms with Gasteiger partial charge in [0.05, 0.1) is 17.2 Å². The van der Waals surface area contributed by atoms with E-state index in [2.05, 4.69) is 20.9 Å². The maximum Gasteiger partial charge on any atom is 0.261 e. The van der Waals surface area contributed by atoms with Gasteiger partial charge in [0.2, 0.25) is 5.91 Å². The molecular weight excluding hydrogens is 334 g/mol. The van der Waals surface area contributed by atoms with Crippen molar-refractivity contribution < 1.29 is 4.79 Å². The molecule has 1 aliphatic rings. The molecule has 0 bridgehead atoms. The lowest BCUT2D eigenvalue weighted by Crippen LogP contribution is -2.39. The lowest BCUT2D eigenvalue weighted by molar-refractivity contribution is -0.132. The standard InChI is InChI=1S/C15H16BrN3O2/c16-11-4-5-12-13(8-11)17-10-19(15(12)21)9-14(20)18-6-2-1-3-7-18/h4-5,8,10H,1-3,6-7,9H2. The molecule has 6 heteroatoms. The summed E-state index contributed by atoms with van der Waals surface area (Å²) in [6, 6.07) is 5.34. The molecule has 0 aliphatic carbocycles. The Morgan fingerprint density at radius 1 is 1.24 bits per heavy atom. The van der Waals surface area contributed by atoms with Crippen molar-refractivity contribution in [1.82, 2.24) is 14.5 Å². The molecule has 0 saturated carbocycles. The Kier molecular flexibility index (Phi) is 4.05. The van der Waals surface area contributed by atoms with Gasteiger partial charge in [-0.05, 0) is 37.5 Å². The predicted molar refractivity (Wildman–Crippen MR) is 84.1 cm³/mol. The monoisotopic (exact) mass is 349 g/mol. The van der Waals surface area contributed by atoms with E-state index in [1.165, 1.54) is 17.3 Å². The zero-order chi connectivity index (χ0) is 14.8. The third kappa shape index (κ3) is 3.00. The molecule has 1 saturated heterocycles. The van der Waals surface area contributed by atoms with Crippen LogP contribution < -0.4 is 5.56 Å². The minimum absolute atomic E-state index is 0.00457. The summed E-state index contributed by atoms with van der Waals surface area (Å²) in [7, 11) is 0. The van der Waals surface area contributed by atoms with Crippen LogP contribution in [0.15, 0.2) is 33.8 Å². The first-order valence-corrected chi connectivity index (χ1v) is 7.87. The summed E-state index contributed by atoms with van der Waals surface area (Å²) in [5.41, 5.74) is 0.467. The van der Waals surface area contributed by atoms with E-state index < -0.39 is 0 Å². The van der Waals surface area contributed by atoms with Gasteiger partial charge in [-0.25, -0.2) is 4.98 Å². The molecule has 1 aromatic heterocycles. The summed E-state index contributed by atoms with van der Waals surface area (Å²) in [5.74, 6) is -0.00457. The van der Waals surface area contributed by atoms with Crippen molar-refractivity contribution in [2.75, 3.05) is 13.1 Å². The number of hydrogen-bond acceptors (Lipinski definition) is 3. The summed E-state index contributed by atoms with van der Waals surface area (Å²) in [4.78, 5) is 30.7. The van der Waals surface area contributed by atoms with E-state index in [1.54, 1.807) is 12.1 Å². The number of piperidine rings is 1. The zero-order valence-corrected chi connectivity index (χ0v) is 13.2. The number of hydrogen-bond donors (Lipinski definition) is 0. The topological polar surface area (TPSA) is 55.2 Å². The normalized spacial score (nSPS) is 15.4. The quantitative estimate of drug-likeness (QED) is 0.834. The van der Waals surface area contributed by atoms with Crippen LogP contribution in [0.3, 0.4) is 0 Å². The average Bonchev–Trinajstić information content (AvgIpc) is 2.51. The Hall–Kier alpha value is -1.69. The lowest BCUT2D eigenvalue weighted by atomic mass is 10.1. The fraction of sp³-hybridized carbons (Fsp3) is 0.400. The zero-order valence-electron chi connectivity index (χ0n) is 11.6. The maximum absolute atomic E-state index is 12.4. The molecule has 0 radical (unpaired) electrons. The van der Waals surface area contributed by atoms with Crippen LogP contribution in [0, 0.1) is 0 Å². The highest BCUT2D eigenvalue weighted by Crippen LogP contribution is 2.15. The Balaban J connectivity index is 1.87. The number of rotatable bonds is 2. The molecule has 5 nitrogen and oxygen atoms in total. The highest BCUT2D eigenvalue weighted by atomic mass is 79.9. The Morgan fingerprint density at radius 2 is 2.00 bits per heavy atom. The van der Waals surface area contributed by atoms with E-state index in [9.17, 15) is 9.59 Å². The Morgan fingerprint density at radius 3 is 2.76 bits per heavy atom. The highest BCUT2D eigenvalue weighted by Gasteiger charge is 2.17. The van der Waals surface area contributed by atoms with Crippen molar-refractivity contribution in [2.24, 2.45) is 0 Å². The molecule has 1 fully saturated rings. The minimum atomic E-state index is -0.169. The van der Waals surface area contributed by atoms with Crippen LogP contribution in [0.4, 0.5) is 0 Å². The Bertz CT molecular complexity index is 735. The van der Waals surface area contributed by atoms with Crippen molar-refractivity contribution in [3.05, 3.63) is 39.4 Å². The van der Waals surface area contributed by atoms with Gasteiger partial charge in [0.1, 0.15) is 6.54 Å². The first-order chi connectivity index (χ1) is 10.1. The number of carbonyl (C=O) groups is 1. The van der Waals surface area contributed by atoms with Crippen molar-refractivity contribution in [3.8, 4) is 0 Å². The maximum atomic E-state index is 12.4. The lowest BCUT2D eigenvalue weighted by Gasteiger charge is -2.26. The molecule has 0 spiro atoms. The van der Waals surface area contributed by atoms with E-state index >= 15 is 0 Å². The molecule has 0 atom stereocenters. The van der Waals surface area contributed by atoms with E-state index in [4.69, 9.17) is 0 Å². The fourth-order valence-corrected chi connectivity index (χ4v) is 2.98. The molecule has 0 N–H and O–H groups in total. The number of carbonyl (C=O) groups excluding carboxylic acids is 1. The van der Waals surface area contributed by atoms with Crippen LogP contribution in [0.5, 0.6) is 0 Å². The number of nitrogens with zero attached hydrogens (tertiary/aromatic N) is 3. The molecule has 3 rings (SSSR count). The fourth-order valence-electron chi connectivity index (χ4n) is 2.63. The van der Waals surface area contributed by atoms with Crippen LogP contribution in [0.2, 0.25) is 0 Å². The van der Waals surface area contributed by atoms with Crippen LogP contribution >= 0.6 is 15.9 Å². The van der Waals surface area contributed by atoms with Crippen LogP contribution in [-0.4, -0.2) is 33.4 Å². The minimum Gasteiger partial charge on any atom is -0.341 e. The van der Waals surface area contributed by atoms with Gasteiger partial charge in [0.25, 0.3) is 5.56 Å². The highest BCUT2D eigenvalue weighted by molar-refractivity contribution is 9.10. The molecule has 1 amide bonds. The molecule has 1 aliphatic heterocycles. The summed E-state index contributed by atoms with van der Waals surface area (Å²) >= 11 is 3.36. The van der Waals surface area contributed by atoms with Crippen molar-refractivity contribution in [1.29, 1.82) is 0 Å². The summed E-state index contributed by atoms with van der Waals surface area (Å²) in [6.07, 6.45) is 4.73. The van der Waals surface area contributed by atoms with Gasteiger partial charge in [-0.1, -0.05) is 15.9 Å². The van der Waals surface area contributed by atoms with Crippen LogP contribution in [-0.2, 0) is 11.3 Å².